The van der Waals surface area contributed by atoms with Crippen LogP contribution in [-0.2, 0) is 47.4 Å². The summed E-state index contributed by atoms with van der Waals surface area (Å²) in [7, 11) is 0. The fourth-order valence-corrected chi connectivity index (χ4v) is 10.9. The standard InChI is InChI=1S/C24H27N9O9P2S2/c25-12-1-2-27-20-14(12)30-9-32(20)22-17-18-23(41-22,5-36-17)6-39-43(34,45)4-11-16-13(3-38-44(35,46)42-18)40-24(11,7-37-16)33-10-31-15-19(26)28-8-29-21(15)33/h1-2,8-11,13,16-18,22H,3-7H2,(H2,25,27)(H,34,45)(H,35,46)(H2,26,28,29)/t11-,13-,16+,17-,18+,22-,23-,24-,43+,44+/m1/s1. The van der Waals surface area contributed by atoms with Crippen LogP contribution in [0.3, 0.4) is 0 Å². The smallest absolute Gasteiger partial charge is 0.386 e. The second-order valence-electron chi connectivity index (χ2n) is 11.9. The van der Waals surface area contributed by atoms with Crippen LogP contribution >= 0.6 is 37.9 Å². The Bertz CT molecular complexity index is 2000. The number of nitrogens with zero attached hydrogens (tertiary/aromatic N) is 7. The van der Waals surface area contributed by atoms with Crippen molar-refractivity contribution >= 4 is 71.7 Å². The first-order valence-corrected chi connectivity index (χ1v) is 19.9. The molecule has 4 N–H and O–H groups in total. The van der Waals surface area contributed by atoms with Crippen molar-refractivity contribution in [3.05, 3.63) is 31.2 Å². The van der Waals surface area contributed by atoms with Gasteiger partial charge < -0.3 is 34.9 Å². The summed E-state index contributed by atoms with van der Waals surface area (Å²) in [5.74, 6) is -0.391. The molecule has 18 nitrogen and oxygen atoms in total. The summed E-state index contributed by atoms with van der Waals surface area (Å²) in [5.41, 5.74) is 11.7. The first-order chi connectivity index (χ1) is 22.0. The number of aromatic nitrogens is 7. The van der Waals surface area contributed by atoms with Crippen molar-refractivity contribution in [2.75, 3.05) is 44.1 Å². The minimum absolute atomic E-state index is 0.0183. The lowest BCUT2D eigenvalue weighted by molar-refractivity contribution is -0.188. The molecule has 0 spiro atoms. The number of fused-ring (bicyclic) bond motifs is 2. The van der Waals surface area contributed by atoms with Gasteiger partial charge in [0, 0.05) is 18.3 Å². The minimum atomic E-state index is -4.10. The Labute approximate surface area is 270 Å². The van der Waals surface area contributed by atoms with Crippen molar-refractivity contribution in [1.29, 1.82) is 0 Å². The third-order valence-electron chi connectivity index (χ3n) is 9.28. The Morgan fingerprint density at radius 2 is 1.74 bits per heavy atom. The van der Waals surface area contributed by atoms with E-state index in [4.69, 9.17) is 44.0 Å². The molecule has 0 saturated carbocycles. The predicted molar refractivity (Wildman–Crippen MR) is 165 cm³/mol. The molecule has 5 aliphatic heterocycles. The Kier molecular flexibility index (Phi) is 6.53. The number of anilines is 2. The number of thiol groups is 2. The lowest BCUT2D eigenvalue weighted by Gasteiger charge is -2.35. The quantitative estimate of drug-likeness (QED) is 0.172. The molecule has 22 heteroatoms. The largest absolute Gasteiger partial charge is 0.397 e. The van der Waals surface area contributed by atoms with Gasteiger partial charge in [-0.05, 0) is 6.07 Å². The molecule has 46 heavy (non-hydrogen) atoms. The molecule has 0 unspecified atom stereocenters. The molecule has 6 bridgehead atoms. The van der Waals surface area contributed by atoms with Gasteiger partial charge >= 0.3 is 6.80 Å². The van der Waals surface area contributed by atoms with Gasteiger partial charge in [0.05, 0.1) is 50.9 Å². The zero-order chi connectivity index (χ0) is 31.6. The highest BCUT2D eigenvalue weighted by atomic mass is 32.7. The zero-order valence-corrected chi connectivity index (χ0v) is 27.2. The fourth-order valence-electron chi connectivity index (χ4n) is 7.19. The second kappa shape index (κ2) is 10.1. The molecule has 0 radical (unpaired) electrons. The molecule has 9 rings (SSSR count). The molecule has 5 saturated heterocycles. The van der Waals surface area contributed by atoms with Crippen LogP contribution in [0.5, 0.6) is 0 Å². The Morgan fingerprint density at radius 1 is 0.913 bits per heavy atom. The van der Waals surface area contributed by atoms with E-state index in [1.54, 1.807) is 21.4 Å². The van der Waals surface area contributed by atoms with Crippen LogP contribution in [0.4, 0.5) is 11.5 Å². The maximum Gasteiger partial charge on any atom is 0.386 e. The molecule has 4 aromatic rings. The monoisotopic (exact) mass is 711 g/mol. The first kappa shape index (κ1) is 29.8. The first-order valence-electron chi connectivity index (χ1n) is 14.2. The van der Waals surface area contributed by atoms with Crippen molar-refractivity contribution in [3.8, 4) is 0 Å². The highest BCUT2D eigenvalue weighted by Crippen LogP contribution is 2.64. The number of hydrogen-bond donors (Lipinski definition) is 4. The van der Waals surface area contributed by atoms with Crippen LogP contribution in [0, 0.1) is 5.92 Å². The van der Waals surface area contributed by atoms with E-state index in [1.165, 1.54) is 19.0 Å². The van der Waals surface area contributed by atoms with E-state index in [-0.39, 0.29) is 38.4 Å². The van der Waals surface area contributed by atoms with Crippen molar-refractivity contribution in [2.24, 2.45) is 5.92 Å². The molecular formula is C24H27N9O9P2S2. The number of hydrogen-bond acceptors (Lipinski definition) is 16. The number of nitrogen functional groups attached to an aromatic ring is 2. The topological polar surface area (TPSA) is 225 Å². The molecule has 4 aromatic heterocycles. The van der Waals surface area contributed by atoms with Gasteiger partial charge in [-0.1, -0.05) is 24.5 Å². The van der Waals surface area contributed by atoms with E-state index in [0.29, 0.717) is 28.0 Å². The third-order valence-corrected chi connectivity index (χ3v) is 13.1. The molecule has 0 amide bonds. The van der Waals surface area contributed by atoms with E-state index in [2.05, 4.69) is 49.4 Å². The van der Waals surface area contributed by atoms with Crippen molar-refractivity contribution in [3.63, 3.8) is 0 Å². The summed E-state index contributed by atoms with van der Waals surface area (Å²) in [6.45, 7) is -8.27. The van der Waals surface area contributed by atoms with Crippen LogP contribution in [0.2, 0.25) is 0 Å². The summed E-state index contributed by atoms with van der Waals surface area (Å²) < 4.78 is 74.7. The lowest BCUT2D eigenvalue weighted by atomic mass is 9.96. The highest BCUT2D eigenvalue weighted by molar-refractivity contribution is 8.46. The average molecular weight is 712 g/mol. The normalized spacial score (nSPS) is 42.2. The second-order valence-corrected chi connectivity index (χ2v) is 18.5. The molecule has 5 aliphatic rings. The van der Waals surface area contributed by atoms with Crippen molar-refractivity contribution in [2.45, 2.75) is 42.0 Å². The zero-order valence-electron chi connectivity index (χ0n) is 23.6. The lowest BCUT2D eigenvalue weighted by Crippen LogP contribution is -2.46. The Balaban J connectivity index is 1.08. The SMILES string of the molecule is Nc1ccnc2c1ncn2[C@@H]1O[C@@]23CO[C@@H]1[C@@H]2O[P@@](=O)(S)OC[C@H]1O[C@]2(n4cnc5c(N)ncnc54)CO[C@H]1[C@H]2C[P@@](=O)(S)OC3. The van der Waals surface area contributed by atoms with Crippen LogP contribution in [0.25, 0.3) is 22.3 Å². The molecule has 244 valence electrons. The number of pyridine rings is 1. The fraction of sp³-hybridized carbons (Fsp3) is 0.542. The van der Waals surface area contributed by atoms with Crippen molar-refractivity contribution < 1.29 is 41.6 Å². The number of nitrogens with two attached hydrogens (primary N) is 2. The average Bonchev–Trinajstić information content (AvgIpc) is 3.86. The molecular weight excluding hydrogens is 684 g/mol. The van der Waals surface area contributed by atoms with Gasteiger partial charge in [0.1, 0.15) is 41.3 Å². The molecule has 9 heterocycles. The van der Waals surface area contributed by atoms with Gasteiger partial charge in [0.15, 0.2) is 29.1 Å². The Morgan fingerprint density at radius 3 is 2.61 bits per heavy atom. The van der Waals surface area contributed by atoms with Crippen molar-refractivity contribution in [1.82, 2.24) is 34.1 Å². The van der Waals surface area contributed by atoms with E-state index in [9.17, 15) is 9.13 Å². The summed E-state index contributed by atoms with van der Waals surface area (Å²) in [6.07, 6.45) is 1.79. The van der Waals surface area contributed by atoms with Gasteiger partial charge in [-0.2, -0.15) is 0 Å². The van der Waals surface area contributed by atoms with E-state index in [1.807, 2.05) is 0 Å². The van der Waals surface area contributed by atoms with Crippen LogP contribution in [0.15, 0.2) is 31.2 Å². The molecule has 10 atom stereocenters. The maximum atomic E-state index is 14.2. The number of ether oxygens (including phenoxy) is 4. The summed E-state index contributed by atoms with van der Waals surface area (Å²) >= 11 is 8.85. The van der Waals surface area contributed by atoms with Gasteiger partial charge in [-0.25, -0.2) is 29.5 Å². The van der Waals surface area contributed by atoms with Gasteiger partial charge in [0.2, 0.25) is 0 Å². The molecule has 0 aromatic carbocycles. The van der Waals surface area contributed by atoms with Crippen LogP contribution in [-0.4, -0.2) is 96.7 Å². The highest BCUT2D eigenvalue weighted by Gasteiger charge is 2.67. The van der Waals surface area contributed by atoms with E-state index < -0.39 is 61.3 Å². The number of rotatable bonds is 2. The predicted octanol–water partition coefficient (Wildman–Crippen LogP) is 1.76. The van der Waals surface area contributed by atoms with Crippen LogP contribution in [0.1, 0.15) is 6.23 Å². The van der Waals surface area contributed by atoms with Crippen LogP contribution < -0.4 is 11.5 Å². The molecule has 0 aliphatic carbocycles. The Hall–Kier alpha value is -2.35. The summed E-state index contributed by atoms with van der Waals surface area (Å²) in [6, 6.07) is 1.64. The maximum absolute atomic E-state index is 14.2. The third kappa shape index (κ3) is 4.29. The minimum Gasteiger partial charge on any atom is -0.397 e. The summed E-state index contributed by atoms with van der Waals surface area (Å²) in [4.78, 5) is 21.6. The molecule has 5 fully saturated rings. The number of imidazole rings is 2. The van der Waals surface area contributed by atoms with Gasteiger partial charge in [-0.3, -0.25) is 22.7 Å². The van der Waals surface area contributed by atoms with E-state index >= 15 is 0 Å². The summed E-state index contributed by atoms with van der Waals surface area (Å²) in [5, 5.41) is 0. The van der Waals surface area contributed by atoms with Gasteiger partial charge in [0.25, 0.3) is 6.57 Å². The van der Waals surface area contributed by atoms with Gasteiger partial charge in [-0.15, -0.1) is 0 Å². The van der Waals surface area contributed by atoms with E-state index in [0.717, 1.165) is 0 Å².